The standard InChI is InChI=1S/C19H28N4O4S/c1-5-10-28(25,26)22-14-6-8-23(9-7-14)19(24)15-11-16(12(2)3)20-18-17(15)13(4)21-27-18/h11-12,14,22H,5-10H2,1-4H3. The smallest absolute Gasteiger partial charge is 0.259 e. The molecule has 2 aromatic heterocycles. The molecule has 8 nitrogen and oxygen atoms in total. The molecule has 1 saturated heterocycles. The Morgan fingerprint density at radius 1 is 1.36 bits per heavy atom. The van der Waals surface area contributed by atoms with E-state index in [0.29, 0.717) is 54.7 Å². The van der Waals surface area contributed by atoms with Gasteiger partial charge in [-0.1, -0.05) is 25.9 Å². The Kier molecular flexibility index (Phi) is 6.04. The largest absolute Gasteiger partial charge is 0.339 e. The van der Waals surface area contributed by atoms with Crippen molar-refractivity contribution in [3.8, 4) is 0 Å². The predicted octanol–water partition coefficient (Wildman–Crippen LogP) is 2.59. The van der Waals surface area contributed by atoms with Crippen molar-refractivity contribution in [2.75, 3.05) is 18.8 Å². The highest BCUT2D eigenvalue weighted by Gasteiger charge is 2.28. The Morgan fingerprint density at radius 3 is 2.64 bits per heavy atom. The minimum absolute atomic E-state index is 0.0875. The molecule has 1 aliphatic heterocycles. The van der Waals surface area contributed by atoms with Gasteiger partial charge in [-0.05, 0) is 38.2 Å². The molecule has 0 unspecified atom stereocenters. The second-order valence-corrected chi connectivity index (χ2v) is 9.57. The SMILES string of the molecule is CCCS(=O)(=O)NC1CCN(C(=O)c2cc(C(C)C)nc3onc(C)c23)CC1. The molecule has 0 bridgehead atoms. The monoisotopic (exact) mass is 408 g/mol. The first kappa shape index (κ1) is 20.7. The van der Waals surface area contributed by atoms with E-state index in [-0.39, 0.29) is 23.6 Å². The molecule has 3 heterocycles. The highest BCUT2D eigenvalue weighted by molar-refractivity contribution is 7.89. The van der Waals surface area contributed by atoms with Crippen LogP contribution in [-0.4, -0.2) is 54.2 Å². The van der Waals surface area contributed by atoms with Gasteiger partial charge in [0.25, 0.3) is 11.6 Å². The highest BCUT2D eigenvalue weighted by Crippen LogP contribution is 2.27. The number of carbonyl (C=O) groups is 1. The van der Waals surface area contributed by atoms with Gasteiger partial charge in [0.05, 0.1) is 22.4 Å². The van der Waals surface area contributed by atoms with E-state index in [9.17, 15) is 13.2 Å². The van der Waals surface area contributed by atoms with Gasteiger partial charge in [0, 0.05) is 24.8 Å². The van der Waals surface area contributed by atoms with Gasteiger partial charge in [0.2, 0.25) is 10.0 Å². The number of aromatic nitrogens is 2. The number of rotatable bonds is 6. The summed E-state index contributed by atoms with van der Waals surface area (Å²) in [5.41, 5.74) is 2.37. The van der Waals surface area contributed by atoms with Gasteiger partial charge < -0.3 is 9.42 Å². The molecule has 9 heteroatoms. The molecule has 3 rings (SSSR count). The molecule has 1 fully saturated rings. The molecule has 0 radical (unpaired) electrons. The number of likely N-dealkylation sites (tertiary alicyclic amines) is 1. The number of nitrogens with zero attached hydrogens (tertiary/aromatic N) is 3. The summed E-state index contributed by atoms with van der Waals surface area (Å²) in [7, 11) is -3.25. The van der Waals surface area contributed by atoms with Gasteiger partial charge in [-0.25, -0.2) is 18.1 Å². The lowest BCUT2D eigenvalue weighted by Crippen LogP contribution is -2.47. The summed E-state index contributed by atoms with van der Waals surface area (Å²) in [4.78, 5) is 19.5. The van der Waals surface area contributed by atoms with Crippen molar-refractivity contribution in [1.29, 1.82) is 0 Å². The van der Waals surface area contributed by atoms with E-state index in [2.05, 4.69) is 14.9 Å². The Balaban J connectivity index is 1.78. The van der Waals surface area contributed by atoms with Crippen LogP contribution in [0.4, 0.5) is 0 Å². The predicted molar refractivity (Wildman–Crippen MR) is 107 cm³/mol. The maximum Gasteiger partial charge on any atom is 0.259 e. The topological polar surface area (TPSA) is 105 Å². The summed E-state index contributed by atoms with van der Waals surface area (Å²) < 4.78 is 32.0. The van der Waals surface area contributed by atoms with Gasteiger partial charge in [-0.3, -0.25) is 4.79 Å². The number of hydrogen-bond acceptors (Lipinski definition) is 6. The summed E-state index contributed by atoms with van der Waals surface area (Å²) in [6, 6.07) is 1.71. The van der Waals surface area contributed by atoms with Gasteiger partial charge in [-0.2, -0.15) is 0 Å². The van der Waals surface area contributed by atoms with Gasteiger partial charge in [-0.15, -0.1) is 0 Å². The Labute approximate surface area is 165 Å². The zero-order chi connectivity index (χ0) is 20.5. The Bertz CT molecular complexity index is 960. The normalized spacial score (nSPS) is 16.2. The fraction of sp³-hybridized carbons (Fsp3) is 0.632. The third-order valence-corrected chi connectivity index (χ3v) is 6.70. The third-order valence-electron chi connectivity index (χ3n) is 5.06. The van der Waals surface area contributed by atoms with Crippen LogP contribution < -0.4 is 4.72 Å². The molecule has 0 atom stereocenters. The molecule has 1 aliphatic rings. The van der Waals surface area contributed by atoms with Crippen molar-refractivity contribution in [3.63, 3.8) is 0 Å². The van der Waals surface area contributed by atoms with Crippen LogP contribution in [0.1, 0.15) is 67.7 Å². The van der Waals surface area contributed by atoms with Crippen LogP contribution in [-0.2, 0) is 10.0 Å². The lowest BCUT2D eigenvalue weighted by molar-refractivity contribution is 0.0713. The van der Waals surface area contributed by atoms with E-state index in [1.165, 1.54) is 0 Å². The van der Waals surface area contributed by atoms with E-state index in [1.807, 2.05) is 26.8 Å². The fourth-order valence-corrected chi connectivity index (χ4v) is 4.93. The molecule has 2 aromatic rings. The van der Waals surface area contributed by atoms with Crippen LogP contribution in [0.15, 0.2) is 10.6 Å². The number of fused-ring (bicyclic) bond motifs is 1. The first-order valence-corrected chi connectivity index (χ1v) is 11.4. The summed E-state index contributed by atoms with van der Waals surface area (Å²) in [5, 5.41) is 4.62. The zero-order valence-corrected chi connectivity index (χ0v) is 17.7. The molecule has 0 spiro atoms. The zero-order valence-electron chi connectivity index (χ0n) is 16.9. The quantitative estimate of drug-likeness (QED) is 0.788. The lowest BCUT2D eigenvalue weighted by atomic mass is 10.0. The number of carbonyl (C=O) groups excluding carboxylic acids is 1. The van der Waals surface area contributed by atoms with Crippen molar-refractivity contribution in [3.05, 3.63) is 23.0 Å². The Hall–Kier alpha value is -2.00. The van der Waals surface area contributed by atoms with E-state index >= 15 is 0 Å². The average molecular weight is 409 g/mol. The first-order chi connectivity index (χ1) is 13.2. The molecule has 1 amide bonds. The lowest BCUT2D eigenvalue weighted by Gasteiger charge is -2.32. The molecular formula is C19H28N4O4S. The van der Waals surface area contributed by atoms with Crippen molar-refractivity contribution in [2.45, 2.75) is 58.9 Å². The van der Waals surface area contributed by atoms with Crippen LogP contribution in [0.2, 0.25) is 0 Å². The number of sulfonamides is 1. The number of piperidine rings is 1. The average Bonchev–Trinajstić information content (AvgIpc) is 3.01. The van der Waals surface area contributed by atoms with Crippen molar-refractivity contribution in [1.82, 2.24) is 19.8 Å². The first-order valence-electron chi connectivity index (χ1n) is 9.78. The van der Waals surface area contributed by atoms with E-state index in [4.69, 9.17) is 4.52 Å². The van der Waals surface area contributed by atoms with E-state index < -0.39 is 10.0 Å². The minimum atomic E-state index is -3.25. The van der Waals surface area contributed by atoms with Crippen molar-refractivity contribution >= 4 is 27.0 Å². The van der Waals surface area contributed by atoms with Crippen molar-refractivity contribution < 1.29 is 17.7 Å². The molecular weight excluding hydrogens is 380 g/mol. The third kappa shape index (κ3) is 4.35. The van der Waals surface area contributed by atoms with Gasteiger partial charge in [0.1, 0.15) is 0 Å². The molecule has 0 aromatic carbocycles. The molecule has 28 heavy (non-hydrogen) atoms. The molecule has 0 aliphatic carbocycles. The number of amides is 1. The Morgan fingerprint density at radius 2 is 2.04 bits per heavy atom. The van der Waals surface area contributed by atoms with E-state index in [1.54, 1.807) is 11.8 Å². The maximum atomic E-state index is 13.2. The summed E-state index contributed by atoms with van der Waals surface area (Å²) in [6.45, 7) is 8.67. The van der Waals surface area contributed by atoms with Crippen molar-refractivity contribution in [2.24, 2.45) is 0 Å². The van der Waals surface area contributed by atoms with Crippen LogP contribution in [0.5, 0.6) is 0 Å². The second-order valence-electron chi connectivity index (χ2n) is 7.70. The van der Waals surface area contributed by atoms with Gasteiger partial charge in [0.15, 0.2) is 0 Å². The number of nitrogens with one attached hydrogen (secondary N) is 1. The molecule has 1 N–H and O–H groups in total. The van der Waals surface area contributed by atoms with Gasteiger partial charge >= 0.3 is 0 Å². The molecule has 154 valence electrons. The summed E-state index contributed by atoms with van der Waals surface area (Å²) >= 11 is 0. The second kappa shape index (κ2) is 8.16. The highest BCUT2D eigenvalue weighted by atomic mass is 32.2. The minimum Gasteiger partial charge on any atom is -0.339 e. The summed E-state index contributed by atoms with van der Waals surface area (Å²) in [6.07, 6.45) is 1.78. The fourth-order valence-electron chi connectivity index (χ4n) is 3.53. The number of aryl methyl sites for hydroxylation is 1. The van der Waals surface area contributed by atoms with Crippen LogP contribution >= 0.6 is 0 Å². The van der Waals surface area contributed by atoms with Crippen LogP contribution in [0, 0.1) is 6.92 Å². The van der Waals surface area contributed by atoms with Crippen LogP contribution in [0.25, 0.3) is 11.1 Å². The van der Waals surface area contributed by atoms with Crippen LogP contribution in [0.3, 0.4) is 0 Å². The molecule has 0 saturated carbocycles. The number of hydrogen-bond donors (Lipinski definition) is 1. The maximum absolute atomic E-state index is 13.2. The number of pyridine rings is 1. The summed E-state index contributed by atoms with van der Waals surface area (Å²) in [5.74, 6) is 0.196. The van der Waals surface area contributed by atoms with E-state index in [0.717, 1.165) is 5.69 Å².